The highest BCUT2D eigenvalue weighted by atomic mass is 32.2. The van der Waals surface area contributed by atoms with E-state index in [-0.39, 0.29) is 5.43 Å². The fourth-order valence-electron chi connectivity index (χ4n) is 3.67. The van der Waals surface area contributed by atoms with Crippen molar-refractivity contribution in [2.24, 2.45) is 0 Å². The van der Waals surface area contributed by atoms with E-state index in [1.807, 2.05) is 28.8 Å². The summed E-state index contributed by atoms with van der Waals surface area (Å²) in [5.41, 5.74) is 2.65. The predicted molar refractivity (Wildman–Crippen MR) is 104 cm³/mol. The Kier molecular flexibility index (Phi) is 3.18. The van der Waals surface area contributed by atoms with Crippen LogP contribution in [0.25, 0.3) is 27.6 Å². The predicted octanol–water partition coefficient (Wildman–Crippen LogP) is 4.14. The summed E-state index contributed by atoms with van der Waals surface area (Å²) in [6, 6.07) is 15.1. The van der Waals surface area contributed by atoms with Gasteiger partial charge in [0.2, 0.25) is 0 Å². The van der Waals surface area contributed by atoms with Gasteiger partial charge in [0, 0.05) is 17.0 Å². The first-order valence-corrected chi connectivity index (χ1v) is 9.71. The number of fused-ring (bicyclic) bond motifs is 4. The first kappa shape index (κ1) is 15.5. The zero-order valence-electron chi connectivity index (χ0n) is 14.4. The Hall–Kier alpha value is -2.79. The highest BCUT2D eigenvalue weighted by Crippen LogP contribution is 2.36. The highest BCUT2D eigenvalue weighted by molar-refractivity contribution is 7.85. The van der Waals surface area contributed by atoms with Crippen molar-refractivity contribution in [3.63, 3.8) is 0 Å². The third-order valence-electron chi connectivity index (χ3n) is 5.00. The van der Waals surface area contributed by atoms with Crippen LogP contribution in [0.3, 0.4) is 0 Å². The van der Waals surface area contributed by atoms with Gasteiger partial charge in [0.05, 0.1) is 31.6 Å². The summed E-state index contributed by atoms with van der Waals surface area (Å²) in [6.07, 6.45) is 1.70. The molecule has 1 aliphatic rings. The van der Waals surface area contributed by atoms with Crippen LogP contribution in [-0.4, -0.2) is 13.8 Å². The Morgan fingerprint density at radius 2 is 1.81 bits per heavy atom. The SMILES string of the molecule is CC(C)c1ccc2c(=O)c3cccc4c3n(c2c1)-c1ncccc1S4=O. The number of aromatic nitrogens is 2. The Morgan fingerprint density at radius 1 is 1.00 bits per heavy atom. The van der Waals surface area contributed by atoms with Gasteiger partial charge in [-0.25, -0.2) is 9.19 Å². The zero-order valence-corrected chi connectivity index (χ0v) is 15.2. The van der Waals surface area contributed by atoms with Gasteiger partial charge < -0.3 is 0 Å². The lowest BCUT2D eigenvalue weighted by Crippen LogP contribution is -2.18. The smallest absolute Gasteiger partial charge is 0.197 e. The van der Waals surface area contributed by atoms with E-state index >= 15 is 0 Å². The van der Waals surface area contributed by atoms with Crippen LogP contribution in [0.2, 0.25) is 0 Å². The second-order valence-electron chi connectivity index (χ2n) is 6.84. The minimum Gasteiger partial charge on any atom is -0.291 e. The molecule has 0 amide bonds. The maximum Gasteiger partial charge on any atom is 0.197 e. The molecular formula is C21H16N2O2S. The van der Waals surface area contributed by atoms with Gasteiger partial charge >= 0.3 is 0 Å². The van der Waals surface area contributed by atoms with Crippen molar-refractivity contribution in [2.75, 3.05) is 0 Å². The maximum absolute atomic E-state index is 13.1. The third kappa shape index (κ3) is 1.92. The first-order valence-electron chi connectivity index (χ1n) is 8.56. The first-order chi connectivity index (χ1) is 12.6. The van der Waals surface area contributed by atoms with Crippen LogP contribution in [0.15, 0.2) is 69.3 Å². The molecule has 0 saturated carbocycles. The van der Waals surface area contributed by atoms with Crippen LogP contribution in [-0.2, 0) is 10.8 Å². The van der Waals surface area contributed by atoms with Gasteiger partial charge in [-0.3, -0.25) is 9.36 Å². The maximum atomic E-state index is 13.1. The summed E-state index contributed by atoms with van der Waals surface area (Å²) in [5.74, 6) is 0.981. The summed E-state index contributed by atoms with van der Waals surface area (Å²) in [4.78, 5) is 19.0. The number of rotatable bonds is 1. The lowest BCUT2D eigenvalue weighted by molar-refractivity contribution is 0.681. The van der Waals surface area contributed by atoms with E-state index in [2.05, 4.69) is 24.9 Å². The molecule has 4 aromatic rings. The molecule has 1 unspecified atom stereocenters. The Balaban J connectivity index is 2.11. The van der Waals surface area contributed by atoms with Crippen molar-refractivity contribution in [1.82, 2.24) is 9.55 Å². The number of benzene rings is 2. The van der Waals surface area contributed by atoms with E-state index in [4.69, 9.17) is 0 Å². The molecule has 0 bridgehead atoms. The molecule has 26 heavy (non-hydrogen) atoms. The molecule has 3 heterocycles. The summed E-state index contributed by atoms with van der Waals surface area (Å²) in [5, 5.41) is 1.24. The molecule has 0 aliphatic carbocycles. The summed E-state index contributed by atoms with van der Waals surface area (Å²) >= 11 is 0. The van der Waals surface area contributed by atoms with Crippen LogP contribution in [0, 0.1) is 0 Å². The van der Waals surface area contributed by atoms with Crippen molar-refractivity contribution >= 4 is 32.6 Å². The molecule has 0 radical (unpaired) electrons. The van der Waals surface area contributed by atoms with Crippen molar-refractivity contribution < 1.29 is 4.21 Å². The van der Waals surface area contributed by atoms with E-state index in [0.29, 0.717) is 37.8 Å². The summed E-state index contributed by atoms with van der Waals surface area (Å²) in [6.45, 7) is 4.26. The molecule has 4 nitrogen and oxygen atoms in total. The molecule has 0 spiro atoms. The molecule has 0 N–H and O–H groups in total. The average molecular weight is 360 g/mol. The molecule has 2 aromatic carbocycles. The molecule has 5 heteroatoms. The van der Waals surface area contributed by atoms with E-state index in [1.165, 1.54) is 0 Å². The van der Waals surface area contributed by atoms with Crippen LogP contribution in [0.5, 0.6) is 0 Å². The number of para-hydroxylation sites is 1. The molecule has 1 atom stereocenters. The van der Waals surface area contributed by atoms with Gasteiger partial charge in [-0.15, -0.1) is 0 Å². The van der Waals surface area contributed by atoms with Crippen LogP contribution >= 0.6 is 0 Å². The summed E-state index contributed by atoms with van der Waals surface area (Å²) in [7, 11) is -1.35. The Labute approximate surface area is 152 Å². The molecule has 1 aliphatic heterocycles. The molecule has 0 fully saturated rings. The monoisotopic (exact) mass is 360 g/mol. The quantitative estimate of drug-likeness (QED) is 0.422. The molecule has 128 valence electrons. The molecular weight excluding hydrogens is 344 g/mol. The van der Waals surface area contributed by atoms with Crippen molar-refractivity contribution in [2.45, 2.75) is 29.6 Å². The fourth-order valence-corrected chi connectivity index (χ4v) is 5.00. The lowest BCUT2D eigenvalue weighted by atomic mass is 10.00. The third-order valence-corrected chi connectivity index (χ3v) is 6.45. The Bertz CT molecular complexity index is 1300. The topological polar surface area (TPSA) is 52.0 Å². The fraction of sp³-hybridized carbons (Fsp3) is 0.143. The highest BCUT2D eigenvalue weighted by Gasteiger charge is 2.27. The van der Waals surface area contributed by atoms with Crippen molar-refractivity contribution in [3.8, 4) is 5.82 Å². The normalized spacial score (nSPS) is 15.6. The number of pyridine rings is 2. The summed E-state index contributed by atoms with van der Waals surface area (Å²) < 4.78 is 15.1. The average Bonchev–Trinajstić information content (AvgIpc) is 2.67. The zero-order chi connectivity index (χ0) is 18.0. The minimum absolute atomic E-state index is 0.0280. The molecule has 2 aromatic heterocycles. The van der Waals surface area contributed by atoms with E-state index < -0.39 is 10.8 Å². The number of hydrogen-bond acceptors (Lipinski definition) is 3. The van der Waals surface area contributed by atoms with Gasteiger partial charge in [-0.05, 0) is 47.9 Å². The van der Waals surface area contributed by atoms with Crippen molar-refractivity contribution in [1.29, 1.82) is 0 Å². The van der Waals surface area contributed by atoms with Crippen LogP contribution in [0.4, 0.5) is 0 Å². The van der Waals surface area contributed by atoms with Gasteiger partial charge in [0.15, 0.2) is 11.2 Å². The van der Waals surface area contributed by atoms with Crippen LogP contribution < -0.4 is 5.43 Å². The van der Waals surface area contributed by atoms with E-state index in [0.717, 1.165) is 11.1 Å². The second-order valence-corrected chi connectivity index (χ2v) is 8.26. The van der Waals surface area contributed by atoms with Crippen molar-refractivity contribution in [3.05, 3.63) is 70.5 Å². The molecule has 5 rings (SSSR count). The minimum atomic E-state index is -1.35. The number of nitrogens with zero attached hydrogens (tertiary/aromatic N) is 2. The van der Waals surface area contributed by atoms with Gasteiger partial charge in [-0.1, -0.05) is 26.0 Å². The van der Waals surface area contributed by atoms with Crippen LogP contribution in [0.1, 0.15) is 25.3 Å². The second kappa shape index (κ2) is 5.35. The standard InChI is InChI=1S/C21H16N2O2S/c1-12(2)13-8-9-14-16(11-13)23-19-15(20(14)24)5-3-6-17(19)26(25)18-7-4-10-22-21(18)23/h3-12H,1-2H3. The largest absolute Gasteiger partial charge is 0.291 e. The van der Waals surface area contributed by atoms with Gasteiger partial charge in [0.25, 0.3) is 0 Å². The van der Waals surface area contributed by atoms with E-state index in [9.17, 15) is 9.00 Å². The lowest BCUT2D eigenvalue weighted by Gasteiger charge is -2.23. The van der Waals surface area contributed by atoms with E-state index in [1.54, 1.807) is 24.4 Å². The Morgan fingerprint density at radius 3 is 2.62 bits per heavy atom. The number of hydrogen-bond donors (Lipinski definition) is 0. The van der Waals surface area contributed by atoms with Gasteiger partial charge in [-0.2, -0.15) is 0 Å². The van der Waals surface area contributed by atoms with Gasteiger partial charge in [0.1, 0.15) is 0 Å². The molecule has 0 saturated heterocycles.